The lowest BCUT2D eigenvalue weighted by atomic mass is 10.0. The van der Waals surface area contributed by atoms with E-state index in [0.717, 1.165) is 51.4 Å². The number of hydrogen-bond donors (Lipinski definition) is 3. The zero-order valence-corrected chi connectivity index (χ0v) is 20.5. The maximum atomic E-state index is 9.22. The third-order valence-electron chi connectivity index (χ3n) is 4.87. The Hall–Kier alpha value is -0.670. The van der Waals surface area contributed by atoms with Gasteiger partial charge in [-0.25, -0.2) is 4.99 Å². The minimum absolute atomic E-state index is 0. The Balaban J connectivity index is 0.00000392. The van der Waals surface area contributed by atoms with E-state index in [-0.39, 0.29) is 30.6 Å². The second kappa shape index (κ2) is 15.2. The second-order valence-electron chi connectivity index (χ2n) is 7.01. The van der Waals surface area contributed by atoms with Crippen LogP contribution < -0.4 is 15.5 Å². The van der Waals surface area contributed by atoms with Crippen LogP contribution in [0.2, 0.25) is 0 Å². The first-order valence-electron chi connectivity index (χ1n) is 10.3. The van der Waals surface area contributed by atoms with Crippen LogP contribution in [0.25, 0.3) is 0 Å². The predicted molar refractivity (Wildman–Crippen MR) is 134 cm³/mol. The van der Waals surface area contributed by atoms with Gasteiger partial charge in [0.1, 0.15) is 0 Å². The molecule has 1 unspecified atom stereocenters. The van der Waals surface area contributed by atoms with Gasteiger partial charge in [0.25, 0.3) is 0 Å². The summed E-state index contributed by atoms with van der Waals surface area (Å²) in [7, 11) is 0. The Morgan fingerprint density at radius 1 is 1.14 bits per heavy atom. The first-order chi connectivity index (χ1) is 13.3. The molecule has 0 bridgehead atoms. The van der Waals surface area contributed by atoms with Gasteiger partial charge in [-0.1, -0.05) is 25.5 Å². The molecule has 1 fully saturated rings. The van der Waals surface area contributed by atoms with E-state index in [0.29, 0.717) is 12.5 Å². The van der Waals surface area contributed by atoms with Crippen molar-refractivity contribution in [2.24, 2.45) is 10.9 Å². The third-order valence-corrected chi connectivity index (χ3v) is 5.81. The van der Waals surface area contributed by atoms with Crippen LogP contribution in [-0.2, 0) is 6.54 Å². The van der Waals surface area contributed by atoms with Gasteiger partial charge in [0.2, 0.25) is 0 Å². The Kier molecular flexibility index (Phi) is 13.8. The lowest BCUT2D eigenvalue weighted by Gasteiger charge is -2.28. The number of nitrogens with one attached hydrogen (secondary N) is 2. The molecule has 0 aliphatic carbocycles. The average Bonchev–Trinajstić information content (AvgIpc) is 2.71. The summed E-state index contributed by atoms with van der Waals surface area (Å²) in [5.41, 5.74) is 2.54. The zero-order chi connectivity index (χ0) is 19.3. The van der Waals surface area contributed by atoms with Crippen LogP contribution in [-0.4, -0.2) is 55.4 Å². The zero-order valence-electron chi connectivity index (χ0n) is 17.3. The molecule has 1 aromatic carbocycles. The molecular weight excluding hydrogens is 483 g/mol. The quantitative estimate of drug-likeness (QED) is 0.250. The molecule has 0 saturated carbocycles. The number of anilines is 1. The van der Waals surface area contributed by atoms with E-state index < -0.39 is 0 Å². The minimum Gasteiger partial charge on any atom is -0.396 e. The maximum absolute atomic E-state index is 9.22. The summed E-state index contributed by atoms with van der Waals surface area (Å²) in [6.07, 6.45) is 3.11. The highest BCUT2D eigenvalue weighted by Gasteiger charge is 2.11. The van der Waals surface area contributed by atoms with E-state index in [1.807, 2.05) is 11.8 Å². The van der Waals surface area contributed by atoms with Gasteiger partial charge >= 0.3 is 0 Å². The molecule has 0 spiro atoms. The fraction of sp³-hybridized carbons (Fsp3) is 0.667. The number of benzene rings is 1. The fourth-order valence-corrected chi connectivity index (χ4v) is 4.23. The van der Waals surface area contributed by atoms with E-state index in [1.165, 1.54) is 22.8 Å². The number of hydrogen-bond acceptors (Lipinski definition) is 4. The highest BCUT2D eigenvalue weighted by atomic mass is 127. The number of aliphatic hydroxyl groups excluding tert-OH is 1. The topological polar surface area (TPSA) is 59.9 Å². The number of aliphatic hydroxyl groups is 1. The van der Waals surface area contributed by atoms with Gasteiger partial charge in [-0.05, 0) is 43.4 Å². The molecule has 1 aliphatic heterocycles. The lowest BCUT2D eigenvalue weighted by molar-refractivity contribution is 0.251. The summed E-state index contributed by atoms with van der Waals surface area (Å²) < 4.78 is 0. The van der Waals surface area contributed by atoms with Crippen LogP contribution in [0.1, 0.15) is 38.7 Å². The molecule has 1 heterocycles. The second-order valence-corrected chi connectivity index (χ2v) is 8.23. The van der Waals surface area contributed by atoms with Crippen molar-refractivity contribution in [1.29, 1.82) is 0 Å². The van der Waals surface area contributed by atoms with Crippen molar-refractivity contribution in [3.05, 3.63) is 29.8 Å². The highest BCUT2D eigenvalue weighted by molar-refractivity contribution is 14.0. The van der Waals surface area contributed by atoms with Gasteiger partial charge in [-0.2, -0.15) is 11.8 Å². The Morgan fingerprint density at radius 3 is 2.46 bits per heavy atom. The van der Waals surface area contributed by atoms with Gasteiger partial charge in [0, 0.05) is 50.0 Å². The van der Waals surface area contributed by atoms with Crippen molar-refractivity contribution in [3.63, 3.8) is 0 Å². The molecule has 5 nitrogen and oxygen atoms in total. The van der Waals surface area contributed by atoms with Crippen LogP contribution >= 0.6 is 35.7 Å². The van der Waals surface area contributed by atoms with Crippen LogP contribution in [0.5, 0.6) is 0 Å². The van der Waals surface area contributed by atoms with E-state index in [1.54, 1.807) is 0 Å². The predicted octanol–water partition coefficient (Wildman–Crippen LogP) is 3.71. The van der Waals surface area contributed by atoms with E-state index >= 15 is 0 Å². The average molecular weight is 521 g/mol. The first-order valence-corrected chi connectivity index (χ1v) is 11.5. The molecule has 7 heteroatoms. The smallest absolute Gasteiger partial charge is 0.191 e. The van der Waals surface area contributed by atoms with Crippen LogP contribution in [0.4, 0.5) is 5.69 Å². The van der Waals surface area contributed by atoms with Crippen molar-refractivity contribution in [3.8, 4) is 0 Å². The van der Waals surface area contributed by atoms with Crippen LogP contribution in [0.15, 0.2) is 29.3 Å². The highest BCUT2D eigenvalue weighted by Crippen LogP contribution is 2.20. The van der Waals surface area contributed by atoms with Crippen LogP contribution in [0, 0.1) is 5.92 Å². The first kappa shape index (κ1) is 25.4. The minimum atomic E-state index is 0. The summed E-state index contributed by atoms with van der Waals surface area (Å²) in [6.45, 7) is 9.18. The number of guanidine groups is 1. The van der Waals surface area contributed by atoms with Gasteiger partial charge in [0.05, 0.1) is 6.54 Å². The summed E-state index contributed by atoms with van der Waals surface area (Å²) in [4.78, 5) is 7.20. The van der Waals surface area contributed by atoms with Crippen molar-refractivity contribution >= 4 is 47.4 Å². The molecule has 1 saturated heterocycles. The molecule has 1 atom stereocenters. The van der Waals surface area contributed by atoms with Gasteiger partial charge in [-0.3, -0.25) is 0 Å². The summed E-state index contributed by atoms with van der Waals surface area (Å²) in [6, 6.07) is 8.82. The van der Waals surface area contributed by atoms with Crippen molar-refractivity contribution in [1.82, 2.24) is 10.6 Å². The number of aliphatic imine (C=N–C) groups is 1. The van der Waals surface area contributed by atoms with E-state index in [2.05, 4.69) is 53.6 Å². The summed E-state index contributed by atoms with van der Waals surface area (Å²) in [5, 5.41) is 16.0. The molecule has 2 rings (SSSR count). The SMILES string of the molecule is CCCC(CCO)CNC(=NCc1ccc(N2CCSCC2)cc1)NCC.I. The van der Waals surface area contributed by atoms with Crippen LogP contribution in [0.3, 0.4) is 0 Å². The normalized spacial score (nSPS) is 15.7. The molecule has 160 valence electrons. The number of halogens is 1. The van der Waals surface area contributed by atoms with Gasteiger partial charge in [-0.15, -0.1) is 24.0 Å². The Morgan fingerprint density at radius 2 is 1.86 bits per heavy atom. The standard InChI is InChI=1S/C21H36N4OS.HI/c1-3-5-18(10-13-26)16-23-21(22-4-2)24-17-19-6-8-20(9-7-19)25-11-14-27-15-12-25;/h6-9,18,26H,3-5,10-17H2,1-2H3,(H2,22,23,24);1H. The molecular formula is C21H37IN4OS. The molecule has 28 heavy (non-hydrogen) atoms. The Labute approximate surface area is 192 Å². The fourth-order valence-electron chi connectivity index (χ4n) is 3.33. The molecule has 3 N–H and O–H groups in total. The van der Waals surface area contributed by atoms with Gasteiger partial charge < -0.3 is 20.6 Å². The van der Waals surface area contributed by atoms with E-state index in [9.17, 15) is 5.11 Å². The lowest BCUT2D eigenvalue weighted by Crippen LogP contribution is -2.40. The third kappa shape index (κ3) is 9.22. The maximum Gasteiger partial charge on any atom is 0.191 e. The molecule has 0 aromatic heterocycles. The largest absolute Gasteiger partial charge is 0.396 e. The van der Waals surface area contributed by atoms with E-state index in [4.69, 9.17) is 4.99 Å². The Bertz CT molecular complexity index is 544. The molecule has 1 aromatic rings. The molecule has 1 aliphatic rings. The number of thioether (sulfide) groups is 1. The molecule has 0 amide bonds. The molecule has 0 radical (unpaired) electrons. The summed E-state index contributed by atoms with van der Waals surface area (Å²) in [5.74, 6) is 3.79. The monoisotopic (exact) mass is 520 g/mol. The number of nitrogens with zero attached hydrogens (tertiary/aromatic N) is 2. The van der Waals surface area contributed by atoms with Gasteiger partial charge in [0.15, 0.2) is 5.96 Å². The van der Waals surface area contributed by atoms with Crippen molar-refractivity contribution < 1.29 is 5.11 Å². The summed E-state index contributed by atoms with van der Waals surface area (Å²) >= 11 is 2.04. The van der Waals surface area contributed by atoms with Crippen molar-refractivity contribution in [2.45, 2.75) is 39.7 Å². The van der Waals surface area contributed by atoms with Crippen molar-refractivity contribution in [2.75, 3.05) is 49.2 Å². The number of rotatable bonds is 10.